The molecule has 1 amide bonds. The maximum Gasteiger partial charge on any atom is 0.240 e. The van der Waals surface area contributed by atoms with Gasteiger partial charge in [0.2, 0.25) is 15.9 Å². The maximum atomic E-state index is 13.0. The number of carbonyl (C=O) groups is 1. The molecule has 1 saturated carbocycles. The summed E-state index contributed by atoms with van der Waals surface area (Å²) in [6.07, 6.45) is 6.24. The Morgan fingerprint density at radius 3 is 2.36 bits per heavy atom. The molecular formula is C15H21FN2O3S. The number of sulfonamides is 1. The van der Waals surface area contributed by atoms with E-state index in [4.69, 9.17) is 0 Å². The number of rotatable bonds is 5. The number of amides is 1. The zero-order valence-electron chi connectivity index (χ0n) is 12.6. The first-order valence-corrected chi connectivity index (χ1v) is 9.24. The third kappa shape index (κ3) is 4.69. The van der Waals surface area contributed by atoms with Crippen molar-refractivity contribution in [3.8, 4) is 0 Å². The van der Waals surface area contributed by atoms with Crippen LogP contribution in [0.5, 0.6) is 0 Å². The van der Waals surface area contributed by atoms with Crippen molar-refractivity contribution in [2.75, 3.05) is 17.1 Å². The fraction of sp³-hybridized carbons (Fsp3) is 0.533. The van der Waals surface area contributed by atoms with Crippen LogP contribution in [0, 0.1) is 5.82 Å². The molecule has 1 aromatic rings. The Kier molecular flexibility index (Phi) is 5.39. The molecule has 0 saturated heterocycles. The fourth-order valence-electron chi connectivity index (χ4n) is 2.66. The molecule has 1 fully saturated rings. The SMILES string of the molecule is CS(=O)(=O)N(CC(=O)NC1CCCCC1)c1ccc(F)cc1. The highest BCUT2D eigenvalue weighted by atomic mass is 32.2. The van der Waals surface area contributed by atoms with Crippen molar-refractivity contribution >= 4 is 21.6 Å². The Labute approximate surface area is 130 Å². The molecule has 1 aromatic carbocycles. The summed E-state index contributed by atoms with van der Waals surface area (Å²) in [5, 5.41) is 2.88. The van der Waals surface area contributed by atoms with Crippen LogP contribution >= 0.6 is 0 Å². The summed E-state index contributed by atoms with van der Waals surface area (Å²) in [6, 6.07) is 5.17. The molecule has 0 bridgehead atoms. The molecule has 0 heterocycles. The zero-order valence-corrected chi connectivity index (χ0v) is 13.4. The van der Waals surface area contributed by atoms with Gasteiger partial charge in [-0.05, 0) is 37.1 Å². The topological polar surface area (TPSA) is 66.5 Å². The molecule has 1 aliphatic carbocycles. The zero-order chi connectivity index (χ0) is 16.2. The minimum absolute atomic E-state index is 0.121. The van der Waals surface area contributed by atoms with Gasteiger partial charge in [-0.15, -0.1) is 0 Å². The van der Waals surface area contributed by atoms with E-state index < -0.39 is 15.8 Å². The van der Waals surface area contributed by atoms with Crippen molar-refractivity contribution in [3.63, 3.8) is 0 Å². The molecule has 22 heavy (non-hydrogen) atoms. The summed E-state index contributed by atoms with van der Waals surface area (Å²) in [5.74, 6) is -0.787. The number of hydrogen-bond donors (Lipinski definition) is 1. The van der Waals surface area contributed by atoms with Crippen LogP contribution in [-0.4, -0.2) is 33.2 Å². The van der Waals surface area contributed by atoms with Crippen LogP contribution in [0.4, 0.5) is 10.1 Å². The van der Waals surface area contributed by atoms with Crippen molar-refractivity contribution in [1.29, 1.82) is 0 Å². The van der Waals surface area contributed by atoms with E-state index in [-0.39, 0.29) is 24.2 Å². The Morgan fingerprint density at radius 1 is 1.23 bits per heavy atom. The number of nitrogens with zero attached hydrogens (tertiary/aromatic N) is 1. The lowest BCUT2D eigenvalue weighted by molar-refractivity contribution is -0.120. The Morgan fingerprint density at radius 2 is 1.82 bits per heavy atom. The molecule has 0 atom stereocenters. The van der Waals surface area contributed by atoms with E-state index in [0.29, 0.717) is 0 Å². The van der Waals surface area contributed by atoms with Crippen molar-refractivity contribution in [2.24, 2.45) is 0 Å². The fourth-order valence-corrected chi connectivity index (χ4v) is 3.51. The van der Waals surface area contributed by atoms with Crippen LogP contribution in [-0.2, 0) is 14.8 Å². The molecule has 1 N–H and O–H groups in total. The van der Waals surface area contributed by atoms with Crippen molar-refractivity contribution in [2.45, 2.75) is 38.1 Å². The monoisotopic (exact) mass is 328 g/mol. The summed E-state index contributed by atoms with van der Waals surface area (Å²) in [7, 11) is -3.62. The summed E-state index contributed by atoms with van der Waals surface area (Å²) < 4.78 is 37.8. The number of nitrogens with one attached hydrogen (secondary N) is 1. The van der Waals surface area contributed by atoms with E-state index in [1.165, 1.54) is 30.7 Å². The number of benzene rings is 1. The number of carbonyl (C=O) groups excluding carboxylic acids is 1. The van der Waals surface area contributed by atoms with Gasteiger partial charge in [-0.3, -0.25) is 9.10 Å². The molecule has 0 unspecified atom stereocenters. The molecule has 0 aromatic heterocycles. The first-order valence-electron chi connectivity index (χ1n) is 7.39. The van der Waals surface area contributed by atoms with Crippen molar-refractivity contribution in [1.82, 2.24) is 5.32 Å². The second-order valence-electron chi connectivity index (χ2n) is 5.65. The van der Waals surface area contributed by atoms with Crippen LogP contribution in [0.1, 0.15) is 32.1 Å². The first kappa shape index (κ1) is 16.7. The summed E-state index contributed by atoms with van der Waals surface area (Å²) >= 11 is 0. The van der Waals surface area contributed by atoms with Gasteiger partial charge in [0.25, 0.3) is 0 Å². The molecule has 5 nitrogen and oxygen atoms in total. The quantitative estimate of drug-likeness (QED) is 0.899. The van der Waals surface area contributed by atoms with Crippen molar-refractivity contribution in [3.05, 3.63) is 30.1 Å². The van der Waals surface area contributed by atoms with Gasteiger partial charge in [0, 0.05) is 6.04 Å². The van der Waals surface area contributed by atoms with Gasteiger partial charge in [-0.25, -0.2) is 12.8 Å². The van der Waals surface area contributed by atoms with Gasteiger partial charge in [0.1, 0.15) is 12.4 Å². The highest BCUT2D eigenvalue weighted by Crippen LogP contribution is 2.19. The van der Waals surface area contributed by atoms with Gasteiger partial charge in [-0.1, -0.05) is 19.3 Å². The van der Waals surface area contributed by atoms with E-state index >= 15 is 0 Å². The molecule has 0 aliphatic heterocycles. The maximum absolute atomic E-state index is 13.0. The van der Waals surface area contributed by atoms with E-state index in [0.717, 1.165) is 36.2 Å². The molecule has 1 aliphatic rings. The van der Waals surface area contributed by atoms with E-state index in [9.17, 15) is 17.6 Å². The van der Waals surface area contributed by atoms with E-state index in [1.807, 2.05) is 0 Å². The van der Waals surface area contributed by atoms with Gasteiger partial charge >= 0.3 is 0 Å². The first-order chi connectivity index (χ1) is 10.4. The summed E-state index contributed by atoms with van der Waals surface area (Å²) in [5.41, 5.74) is 0.280. The van der Waals surface area contributed by atoms with Crippen LogP contribution in [0.2, 0.25) is 0 Å². The lowest BCUT2D eigenvalue weighted by Gasteiger charge is -2.26. The minimum Gasteiger partial charge on any atom is -0.352 e. The molecule has 122 valence electrons. The third-order valence-corrected chi connectivity index (χ3v) is 4.91. The minimum atomic E-state index is -3.62. The van der Waals surface area contributed by atoms with Crippen LogP contribution in [0.15, 0.2) is 24.3 Å². The predicted octanol–water partition coefficient (Wildman–Crippen LogP) is 2.04. The Hall–Kier alpha value is -1.63. The largest absolute Gasteiger partial charge is 0.352 e. The standard InChI is InChI=1S/C15H21FN2O3S/c1-22(20,21)18(14-9-7-12(16)8-10-14)11-15(19)17-13-5-3-2-4-6-13/h7-10,13H,2-6,11H2,1H3,(H,17,19). The molecule has 7 heteroatoms. The van der Waals surface area contributed by atoms with Gasteiger partial charge in [-0.2, -0.15) is 0 Å². The Balaban J connectivity index is 2.06. The average Bonchev–Trinajstić information content (AvgIpc) is 2.46. The van der Waals surface area contributed by atoms with Crippen molar-refractivity contribution < 1.29 is 17.6 Å². The predicted molar refractivity (Wildman–Crippen MR) is 83.6 cm³/mol. The van der Waals surface area contributed by atoms with Crippen LogP contribution in [0.3, 0.4) is 0 Å². The van der Waals surface area contributed by atoms with E-state index in [2.05, 4.69) is 5.32 Å². The lowest BCUT2D eigenvalue weighted by atomic mass is 9.95. The van der Waals surface area contributed by atoms with Gasteiger partial charge in [0.05, 0.1) is 11.9 Å². The van der Waals surface area contributed by atoms with Gasteiger partial charge < -0.3 is 5.32 Å². The molecule has 0 radical (unpaired) electrons. The summed E-state index contributed by atoms with van der Waals surface area (Å²) in [4.78, 5) is 12.1. The second kappa shape index (κ2) is 7.09. The normalized spacial score (nSPS) is 16.3. The smallest absolute Gasteiger partial charge is 0.240 e. The molecule has 0 spiro atoms. The van der Waals surface area contributed by atoms with Crippen LogP contribution < -0.4 is 9.62 Å². The Bertz CT molecular complexity index is 610. The highest BCUT2D eigenvalue weighted by Gasteiger charge is 2.23. The molecule has 2 rings (SSSR count). The molecular weight excluding hydrogens is 307 g/mol. The highest BCUT2D eigenvalue weighted by molar-refractivity contribution is 7.92. The van der Waals surface area contributed by atoms with Crippen LogP contribution in [0.25, 0.3) is 0 Å². The number of anilines is 1. The average molecular weight is 328 g/mol. The number of hydrogen-bond acceptors (Lipinski definition) is 3. The third-order valence-electron chi connectivity index (χ3n) is 3.77. The lowest BCUT2D eigenvalue weighted by Crippen LogP contribution is -2.44. The summed E-state index contributed by atoms with van der Waals surface area (Å²) in [6.45, 7) is -0.291. The second-order valence-corrected chi connectivity index (χ2v) is 7.56. The van der Waals surface area contributed by atoms with E-state index in [1.54, 1.807) is 0 Å². The van der Waals surface area contributed by atoms with Gasteiger partial charge in [0.15, 0.2) is 0 Å². The number of halogens is 1.